The molecule has 2 aromatic carbocycles. The van der Waals surface area contributed by atoms with Crippen molar-refractivity contribution in [2.24, 2.45) is 0 Å². The van der Waals surface area contributed by atoms with Gasteiger partial charge < -0.3 is 0 Å². The first-order valence-corrected chi connectivity index (χ1v) is 12.2. The molecule has 18 heavy (non-hydrogen) atoms. The maximum atomic E-state index is 3.54. The van der Waals surface area contributed by atoms with Crippen molar-refractivity contribution in [1.82, 2.24) is 0 Å². The molecule has 0 bridgehead atoms. The topological polar surface area (TPSA) is 12.0 Å². The zero-order valence-electron chi connectivity index (χ0n) is 10.3. The third-order valence-electron chi connectivity index (χ3n) is 2.94. The summed E-state index contributed by atoms with van der Waals surface area (Å²) in [6.07, 6.45) is 0. The van der Waals surface area contributed by atoms with Crippen molar-refractivity contribution in [2.75, 3.05) is 5.32 Å². The van der Waals surface area contributed by atoms with Crippen molar-refractivity contribution in [2.45, 2.75) is 21.2 Å². The van der Waals surface area contributed by atoms with Crippen molar-refractivity contribution in [3.8, 4) is 0 Å². The van der Waals surface area contributed by atoms with E-state index < -0.39 is 0 Å². The Morgan fingerprint density at radius 1 is 0.833 bits per heavy atom. The number of hydrogen-bond donors (Lipinski definition) is 1. The molecule has 0 aromatic heterocycles. The van der Waals surface area contributed by atoms with Crippen LogP contribution in [-0.4, -0.2) is 31.5 Å². The van der Waals surface area contributed by atoms with E-state index in [1.807, 2.05) is 11.8 Å². The fourth-order valence-electron chi connectivity index (χ4n) is 1.94. The Labute approximate surface area is 126 Å². The Morgan fingerprint density at radius 3 is 1.78 bits per heavy atom. The zero-order valence-corrected chi connectivity index (χ0v) is 14.8. The summed E-state index contributed by atoms with van der Waals surface area (Å²) in [4.78, 5) is 2.75. The Balaban J connectivity index is 2.01. The van der Waals surface area contributed by atoms with Crippen molar-refractivity contribution >= 4 is 63.3 Å². The van der Waals surface area contributed by atoms with Crippen molar-refractivity contribution in [3.63, 3.8) is 0 Å². The normalized spacial score (nSPS) is 13.9. The van der Waals surface area contributed by atoms with Crippen LogP contribution in [0, 0.1) is 0 Å². The van der Waals surface area contributed by atoms with Crippen LogP contribution in [0.4, 0.5) is 11.4 Å². The van der Waals surface area contributed by atoms with Crippen LogP contribution in [0.25, 0.3) is 0 Å². The third-order valence-corrected chi connectivity index (χ3v) is 7.39. The van der Waals surface area contributed by atoms with Crippen LogP contribution in [0.1, 0.15) is 0 Å². The molecule has 2 radical (unpaired) electrons. The molecule has 3 rings (SSSR count). The van der Waals surface area contributed by atoms with E-state index in [4.69, 9.17) is 0 Å². The Kier molecular flexibility index (Phi) is 3.80. The number of nitrogens with one attached hydrogen (secondary N) is 1. The molecule has 4 heteroatoms. The van der Waals surface area contributed by atoms with Gasteiger partial charge in [-0.1, -0.05) is 0 Å². The van der Waals surface area contributed by atoms with E-state index in [1.165, 1.54) is 29.9 Å². The molecule has 0 amide bonds. The van der Waals surface area contributed by atoms with Gasteiger partial charge in [0.2, 0.25) is 0 Å². The van der Waals surface area contributed by atoms with Gasteiger partial charge in [0, 0.05) is 0 Å². The van der Waals surface area contributed by atoms with Crippen molar-refractivity contribution < 1.29 is 0 Å². The standard InChI is InChI=1S/C14H13As2NS/c1-15-9-3-5-11-13(7-9)18-14-8-10(16-2)4-6-12(14)17-11/h3-8,17H,1-2H3. The third kappa shape index (κ3) is 2.39. The average molecular weight is 377 g/mol. The molecule has 1 N–H and O–H groups in total. The molecule has 0 fully saturated rings. The Hall–Kier alpha value is -0.293. The van der Waals surface area contributed by atoms with Crippen LogP contribution < -0.4 is 14.0 Å². The van der Waals surface area contributed by atoms with Crippen molar-refractivity contribution in [1.29, 1.82) is 0 Å². The van der Waals surface area contributed by atoms with Gasteiger partial charge in [-0.2, -0.15) is 0 Å². The summed E-state index contributed by atoms with van der Waals surface area (Å²) in [5.74, 6) is 0. The van der Waals surface area contributed by atoms with Gasteiger partial charge in [-0.3, -0.25) is 0 Å². The van der Waals surface area contributed by atoms with Gasteiger partial charge >= 0.3 is 126 Å². The van der Waals surface area contributed by atoms with E-state index in [-0.39, 0.29) is 0 Å². The van der Waals surface area contributed by atoms with Crippen LogP contribution in [-0.2, 0) is 0 Å². The molecular formula is C14H13As2NS. The summed E-state index contributed by atoms with van der Waals surface area (Å²) in [7, 11) is 0. The van der Waals surface area contributed by atoms with Gasteiger partial charge in [0.05, 0.1) is 0 Å². The zero-order chi connectivity index (χ0) is 12.5. The molecule has 0 aliphatic carbocycles. The first kappa shape index (κ1) is 12.7. The molecule has 0 atom stereocenters. The van der Waals surface area contributed by atoms with E-state index in [0.717, 1.165) is 0 Å². The Morgan fingerprint density at radius 2 is 1.33 bits per heavy atom. The second kappa shape index (κ2) is 5.37. The van der Waals surface area contributed by atoms with Gasteiger partial charge in [-0.05, 0) is 0 Å². The van der Waals surface area contributed by atoms with E-state index in [2.05, 4.69) is 53.1 Å². The first-order valence-electron chi connectivity index (χ1n) is 5.73. The average Bonchev–Trinajstić information content (AvgIpc) is 2.43. The molecule has 2 aromatic rings. The van der Waals surface area contributed by atoms with E-state index in [0.29, 0.717) is 31.5 Å². The molecule has 1 aliphatic heterocycles. The quantitative estimate of drug-likeness (QED) is 0.690. The van der Waals surface area contributed by atoms with Gasteiger partial charge in [-0.15, -0.1) is 0 Å². The number of fused-ring (bicyclic) bond motifs is 2. The molecule has 1 nitrogen and oxygen atoms in total. The van der Waals surface area contributed by atoms with Crippen molar-refractivity contribution in [3.05, 3.63) is 36.4 Å². The molecule has 0 unspecified atom stereocenters. The molecule has 1 heterocycles. The number of hydrogen-bond acceptors (Lipinski definition) is 2. The number of rotatable bonds is 2. The summed E-state index contributed by atoms with van der Waals surface area (Å²) in [5.41, 5.74) is 7.10. The second-order valence-electron chi connectivity index (χ2n) is 4.04. The molecule has 0 spiro atoms. The fourth-order valence-corrected chi connectivity index (χ4v) is 5.41. The number of anilines is 2. The van der Waals surface area contributed by atoms with Gasteiger partial charge in [-0.25, -0.2) is 0 Å². The van der Waals surface area contributed by atoms with Crippen LogP contribution in [0.15, 0.2) is 46.2 Å². The Bertz CT molecular complexity index is 547. The van der Waals surface area contributed by atoms with Gasteiger partial charge in [0.15, 0.2) is 0 Å². The van der Waals surface area contributed by atoms with Crippen LogP contribution in [0.3, 0.4) is 0 Å². The number of benzene rings is 2. The summed E-state index contributed by atoms with van der Waals surface area (Å²) in [6, 6.07) is 13.6. The summed E-state index contributed by atoms with van der Waals surface area (Å²) >= 11 is 2.54. The van der Waals surface area contributed by atoms with Gasteiger partial charge in [0.1, 0.15) is 0 Å². The minimum absolute atomic E-state index is 0.314. The van der Waals surface area contributed by atoms with Crippen LogP contribution in [0.5, 0.6) is 0 Å². The monoisotopic (exact) mass is 377 g/mol. The van der Waals surface area contributed by atoms with Gasteiger partial charge in [0.25, 0.3) is 0 Å². The van der Waals surface area contributed by atoms with E-state index in [9.17, 15) is 0 Å². The summed E-state index contributed by atoms with van der Waals surface area (Å²) in [6.45, 7) is 0. The fraction of sp³-hybridized carbons (Fsp3) is 0.143. The van der Waals surface area contributed by atoms with Crippen LogP contribution >= 0.6 is 11.8 Å². The molecule has 90 valence electrons. The summed E-state index contributed by atoms with van der Waals surface area (Å²) in [5, 5.41) is 3.54. The SMILES string of the molecule is C[As]c1ccc2c(c1)Sc1cc([As]C)ccc1N2. The second-order valence-corrected chi connectivity index (χ2v) is 9.16. The molecular weight excluding hydrogens is 364 g/mol. The van der Waals surface area contributed by atoms with E-state index in [1.54, 1.807) is 0 Å². The molecule has 1 aliphatic rings. The summed E-state index contributed by atoms with van der Waals surface area (Å²) < 4.78 is 3.00. The molecule has 0 saturated heterocycles. The predicted molar refractivity (Wildman–Crippen MR) is 82.8 cm³/mol. The van der Waals surface area contributed by atoms with Crippen LogP contribution in [0.2, 0.25) is 11.4 Å². The first-order chi connectivity index (χ1) is 8.80. The minimum atomic E-state index is 0.314. The maximum absolute atomic E-state index is 3.54. The van der Waals surface area contributed by atoms with E-state index >= 15 is 0 Å². The molecule has 0 saturated carbocycles. The predicted octanol–water partition coefficient (Wildman–Crippen LogP) is 2.65.